The van der Waals surface area contributed by atoms with E-state index in [1.54, 1.807) is 32.2 Å². The Morgan fingerprint density at radius 3 is 2.29 bits per heavy atom. The van der Waals surface area contributed by atoms with Gasteiger partial charge in [0.15, 0.2) is 0 Å². The van der Waals surface area contributed by atoms with Crippen LogP contribution in [-0.4, -0.2) is 30.0 Å². The zero-order valence-corrected chi connectivity index (χ0v) is 23.5. The maximum Gasteiger partial charge on any atom is 0.123 e. The minimum atomic E-state index is 0.0395. The lowest BCUT2D eigenvalue weighted by molar-refractivity contribution is -0.132. The predicted octanol–water partition coefficient (Wildman–Crippen LogP) is 7.43. The summed E-state index contributed by atoms with van der Waals surface area (Å²) in [5.74, 6) is 0. The third kappa shape index (κ3) is 4.97. The summed E-state index contributed by atoms with van der Waals surface area (Å²) < 4.78 is 5.93. The highest BCUT2D eigenvalue weighted by molar-refractivity contribution is 7.18. The lowest BCUT2D eigenvalue weighted by atomic mass is 9.85. The van der Waals surface area contributed by atoms with Gasteiger partial charge in [0, 0.05) is 39.3 Å². The highest BCUT2D eigenvalue weighted by atomic mass is 32.1. The second-order valence-electron chi connectivity index (χ2n) is 10.4. The number of likely N-dealkylation sites (N-methyl/N-ethyl adjacent to an activating group) is 1. The molecule has 0 bridgehead atoms. The van der Waals surface area contributed by atoms with Crippen molar-refractivity contribution >= 4 is 32.9 Å². The van der Waals surface area contributed by atoms with Crippen LogP contribution in [0.5, 0.6) is 0 Å². The quantitative estimate of drug-likeness (QED) is 0.249. The summed E-state index contributed by atoms with van der Waals surface area (Å²) in [6, 6.07) is 11.0. The molecule has 3 nitrogen and oxygen atoms in total. The van der Waals surface area contributed by atoms with Crippen molar-refractivity contribution in [3.63, 3.8) is 0 Å². The molecule has 5 heterocycles. The normalized spacial score (nSPS) is 17.3. The van der Waals surface area contributed by atoms with Crippen molar-refractivity contribution < 1.29 is 4.74 Å². The van der Waals surface area contributed by atoms with Gasteiger partial charge < -0.3 is 4.74 Å². The van der Waals surface area contributed by atoms with Gasteiger partial charge in [-0.15, -0.1) is 22.7 Å². The van der Waals surface area contributed by atoms with Gasteiger partial charge in [0.05, 0.1) is 6.61 Å². The Morgan fingerprint density at radius 1 is 0.886 bits per heavy atom. The standard InChI is InChI=1S/C12H15NO.C9H9NS.C9H12S/c1-9-3-4-11-10(5-9)6-14-12(11)7-13(2)8-12;1-6-3-8-4-7(2)11-9(8)10-5-6;1-6-8-4-3-5-9(8)7(2)10-6/h3-5H,6-8H2,1-2H3;3-5H,1-2H3;3-5H2,1-2H3. The van der Waals surface area contributed by atoms with E-state index in [-0.39, 0.29) is 5.60 Å². The van der Waals surface area contributed by atoms with Gasteiger partial charge in [0.25, 0.3) is 0 Å². The molecule has 7 rings (SSSR count). The lowest BCUT2D eigenvalue weighted by Crippen LogP contribution is -2.57. The number of fused-ring (bicyclic) bond motifs is 4. The molecule has 1 aromatic carbocycles. The summed E-state index contributed by atoms with van der Waals surface area (Å²) in [7, 11) is 2.14. The first-order chi connectivity index (χ1) is 16.7. The fraction of sp³-hybridized carbons (Fsp3) is 0.433. The molecule has 1 saturated heterocycles. The molecule has 1 fully saturated rings. The third-order valence-corrected chi connectivity index (χ3v) is 9.39. The third-order valence-electron chi connectivity index (χ3n) is 7.31. The van der Waals surface area contributed by atoms with E-state index in [9.17, 15) is 0 Å². The molecule has 0 atom stereocenters. The molecule has 1 aliphatic carbocycles. The molecule has 0 N–H and O–H groups in total. The van der Waals surface area contributed by atoms with E-state index < -0.39 is 0 Å². The number of hydrogen-bond donors (Lipinski definition) is 0. The number of thiophene rings is 2. The van der Waals surface area contributed by atoms with Crippen molar-refractivity contribution in [3.8, 4) is 0 Å². The maximum atomic E-state index is 5.93. The Labute approximate surface area is 217 Å². The summed E-state index contributed by atoms with van der Waals surface area (Å²) in [5, 5.41) is 1.27. The Hall–Kier alpha value is -2.05. The van der Waals surface area contributed by atoms with E-state index in [0.29, 0.717) is 0 Å². The van der Waals surface area contributed by atoms with Crippen molar-refractivity contribution in [2.75, 3.05) is 20.1 Å². The van der Waals surface area contributed by atoms with Crippen LogP contribution in [0, 0.1) is 34.6 Å². The number of aromatic nitrogens is 1. The van der Waals surface area contributed by atoms with Crippen LogP contribution in [0.1, 0.15) is 54.4 Å². The minimum Gasteiger partial charge on any atom is -0.363 e. The zero-order valence-electron chi connectivity index (χ0n) is 21.8. The van der Waals surface area contributed by atoms with Crippen molar-refractivity contribution in [3.05, 3.63) is 84.5 Å². The molecule has 3 aliphatic rings. The first-order valence-electron chi connectivity index (χ1n) is 12.6. The van der Waals surface area contributed by atoms with E-state index in [0.717, 1.165) is 24.5 Å². The number of rotatable bonds is 0. The molecule has 5 heteroatoms. The summed E-state index contributed by atoms with van der Waals surface area (Å²) in [6.45, 7) is 13.7. The SMILES string of the molecule is Cc1ccc2c(c1)COC21CN(C)C1.Cc1cnc2sc(C)cc2c1.Cc1sc(C)c2c1CCC2. The number of likely N-dealkylation sites (tertiary alicyclic amines) is 1. The Balaban J connectivity index is 0.000000111. The first-order valence-corrected chi connectivity index (χ1v) is 14.2. The molecule has 2 aliphatic heterocycles. The van der Waals surface area contributed by atoms with Gasteiger partial charge in [0.2, 0.25) is 0 Å². The highest BCUT2D eigenvalue weighted by Gasteiger charge is 2.48. The molecule has 35 heavy (non-hydrogen) atoms. The van der Waals surface area contributed by atoms with Crippen LogP contribution in [0.4, 0.5) is 0 Å². The molecule has 0 radical (unpaired) electrons. The van der Waals surface area contributed by atoms with Crippen LogP contribution < -0.4 is 0 Å². The van der Waals surface area contributed by atoms with Gasteiger partial charge in [-0.3, -0.25) is 4.90 Å². The van der Waals surface area contributed by atoms with Crippen molar-refractivity contribution in [2.24, 2.45) is 0 Å². The van der Waals surface area contributed by atoms with Gasteiger partial charge in [-0.25, -0.2) is 4.98 Å². The maximum absolute atomic E-state index is 5.93. The average molecular weight is 505 g/mol. The van der Waals surface area contributed by atoms with E-state index in [1.165, 1.54) is 51.8 Å². The largest absolute Gasteiger partial charge is 0.363 e. The van der Waals surface area contributed by atoms with Crippen LogP contribution in [0.2, 0.25) is 0 Å². The molecule has 3 aromatic heterocycles. The van der Waals surface area contributed by atoms with Crippen LogP contribution >= 0.6 is 22.7 Å². The molecule has 0 saturated carbocycles. The summed E-state index contributed by atoms with van der Waals surface area (Å²) in [5.41, 5.74) is 8.74. The van der Waals surface area contributed by atoms with E-state index >= 15 is 0 Å². The average Bonchev–Trinajstić information content (AvgIpc) is 3.54. The second kappa shape index (κ2) is 9.78. The number of hydrogen-bond acceptors (Lipinski definition) is 5. The number of aryl methyl sites for hydroxylation is 5. The van der Waals surface area contributed by atoms with E-state index in [1.807, 2.05) is 17.5 Å². The van der Waals surface area contributed by atoms with Crippen molar-refractivity contribution in [1.82, 2.24) is 9.88 Å². The van der Waals surface area contributed by atoms with Crippen molar-refractivity contribution in [1.29, 1.82) is 0 Å². The fourth-order valence-corrected chi connectivity index (χ4v) is 7.70. The van der Waals surface area contributed by atoms with Crippen molar-refractivity contribution in [2.45, 2.75) is 66.1 Å². The number of benzene rings is 1. The number of ether oxygens (including phenoxy) is 1. The van der Waals surface area contributed by atoms with Gasteiger partial charge in [-0.1, -0.05) is 23.8 Å². The molecule has 0 unspecified atom stereocenters. The van der Waals surface area contributed by atoms with Gasteiger partial charge in [-0.2, -0.15) is 0 Å². The minimum absolute atomic E-state index is 0.0395. The molecule has 4 aromatic rings. The Morgan fingerprint density at radius 2 is 1.60 bits per heavy atom. The Kier molecular flexibility index (Phi) is 6.88. The predicted molar refractivity (Wildman–Crippen MR) is 150 cm³/mol. The molecule has 0 amide bonds. The van der Waals surface area contributed by atoms with Gasteiger partial charge >= 0.3 is 0 Å². The molecule has 1 spiro atoms. The summed E-state index contributed by atoms with van der Waals surface area (Å²) >= 11 is 3.72. The first kappa shape index (κ1) is 24.6. The van der Waals surface area contributed by atoms with Crippen LogP contribution in [0.15, 0.2) is 36.5 Å². The Bertz CT molecular complexity index is 1340. The topological polar surface area (TPSA) is 25.4 Å². The van der Waals surface area contributed by atoms with Crippen LogP contribution in [0.25, 0.3) is 10.2 Å². The summed E-state index contributed by atoms with van der Waals surface area (Å²) in [4.78, 5) is 12.2. The van der Waals surface area contributed by atoms with Crippen LogP contribution in [-0.2, 0) is 29.8 Å². The molecular weight excluding hydrogens is 468 g/mol. The van der Waals surface area contributed by atoms with Crippen LogP contribution in [0.3, 0.4) is 0 Å². The van der Waals surface area contributed by atoms with Gasteiger partial charge in [-0.05, 0) is 101 Å². The highest BCUT2D eigenvalue weighted by Crippen LogP contribution is 2.42. The van der Waals surface area contributed by atoms with E-state index in [4.69, 9.17) is 4.74 Å². The number of pyridine rings is 1. The number of nitrogens with zero attached hydrogens (tertiary/aromatic N) is 2. The zero-order chi connectivity index (χ0) is 24.7. The molecular formula is C30H36N2OS2. The smallest absolute Gasteiger partial charge is 0.123 e. The van der Waals surface area contributed by atoms with E-state index in [2.05, 4.69) is 81.9 Å². The summed E-state index contributed by atoms with van der Waals surface area (Å²) in [6.07, 6.45) is 5.98. The van der Waals surface area contributed by atoms with Gasteiger partial charge in [0.1, 0.15) is 10.4 Å². The second-order valence-corrected chi connectivity index (χ2v) is 13.1. The lowest BCUT2D eigenvalue weighted by Gasteiger charge is -2.45. The molecule has 184 valence electrons. The fourth-order valence-electron chi connectivity index (χ4n) is 5.71. The monoisotopic (exact) mass is 504 g/mol.